The molecule has 0 aliphatic heterocycles. The zero-order valence-corrected chi connectivity index (χ0v) is 8.93. The predicted molar refractivity (Wildman–Crippen MR) is 41.9 cm³/mol. The molecule has 0 fully saturated rings. The first-order valence-corrected chi connectivity index (χ1v) is 4.22. The van der Waals surface area contributed by atoms with Crippen molar-refractivity contribution in [2.45, 2.75) is 24.4 Å². The maximum Gasteiger partial charge on any atom is -0.147 e. The molecule has 0 radical (unpaired) electrons. The summed E-state index contributed by atoms with van der Waals surface area (Å²) in [7, 11) is 0. The predicted octanol–water partition coefficient (Wildman–Crippen LogP) is 2.35. The van der Waals surface area contributed by atoms with Crippen LogP contribution in [0.4, 0.5) is 0 Å². The van der Waals surface area contributed by atoms with Gasteiger partial charge in [-0.3, -0.25) is 0 Å². The third kappa shape index (κ3) is 5.17. The fraction of sp³-hybridized carbons (Fsp3) is 0.667. The van der Waals surface area contributed by atoms with E-state index in [2.05, 4.69) is 20.8 Å². The molecule has 0 spiro atoms. The van der Waals surface area contributed by atoms with E-state index in [1.807, 2.05) is 0 Å². The van der Waals surface area contributed by atoms with Crippen LogP contribution in [0.5, 0.6) is 0 Å². The van der Waals surface area contributed by atoms with Gasteiger partial charge in [0, 0.05) is 0 Å². The van der Waals surface area contributed by atoms with E-state index >= 15 is 0 Å². The third-order valence-electron chi connectivity index (χ3n) is 1.38. The summed E-state index contributed by atoms with van der Waals surface area (Å²) in [6.07, 6.45) is 0. The van der Waals surface area contributed by atoms with Gasteiger partial charge in [0.2, 0.25) is 0 Å². The molecule has 0 N–H and O–H groups in total. The molecule has 44 valence electrons. The van der Waals surface area contributed by atoms with E-state index in [-0.39, 0.29) is 12.4 Å². The quantitative estimate of drug-likeness (QED) is 0.390. The van der Waals surface area contributed by atoms with E-state index in [4.69, 9.17) is 0 Å². The van der Waals surface area contributed by atoms with Crippen LogP contribution in [0.1, 0.15) is 20.8 Å². The van der Waals surface area contributed by atoms with Gasteiger partial charge in [0.05, 0.1) is 0 Å². The standard InChI is InChI=1S/C6H11.ClH.Na/c1-5(2)6(3)4;;/h1H2,2-4H3;1H;. The largest absolute Gasteiger partial charge is 0.147 e. The van der Waals surface area contributed by atoms with E-state index < -0.39 is 0 Å². The van der Waals surface area contributed by atoms with Gasteiger partial charge in [-0.05, 0) is 0 Å². The van der Waals surface area contributed by atoms with Crippen molar-refractivity contribution in [3.8, 4) is 0 Å². The molecule has 0 nitrogen and oxygen atoms in total. The van der Waals surface area contributed by atoms with Crippen LogP contribution in [0, 0.1) is 0 Å². The molecule has 0 rings (SSSR count). The Hall–Kier alpha value is 1.03. The molecule has 0 aliphatic rings. The Balaban J connectivity index is 0. The van der Waals surface area contributed by atoms with Crippen molar-refractivity contribution >= 4 is 40.3 Å². The van der Waals surface area contributed by atoms with Crippen LogP contribution in [0.3, 0.4) is 0 Å². The summed E-state index contributed by atoms with van der Waals surface area (Å²) in [6.45, 7) is 6.56. The van der Waals surface area contributed by atoms with Gasteiger partial charge in [0.15, 0.2) is 0 Å². The van der Waals surface area contributed by atoms with E-state index in [0.717, 1.165) is 0 Å². The molecule has 0 bridgehead atoms. The molecule has 0 aromatic rings. The van der Waals surface area contributed by atoms with Crippen LogP contribution >= 0.6 is 12.4 Å². The van der Waals surface area contributed by atoms with Gasteiger partial charge < -0.3 is 0 Å². The van der Waals surface area contributed by atoms with Crippen LogP contribution in [0.15, 0.2) is 11.1 Å². The molecular weight excluding hydrogens is 131 g/mol. The number of hydrogen-bond acceptors (Lipinski definition) is 0. The summed E-state index contributed by atoms with van der Waals surface area (Å²) >= 11 is 1.31. The minimum Gasteiger partial charge on any atom is -0.147 e. The van der Waals surface area contributed by atoms with Gasteiger partial charge in [-0.1, -0.05) is 0 Å². The van der Waals surface area contributed by atoms with E-state index in [9.17, 15) is 0 Å². The van der Waals surface area contributed by atoms with Gasteiger partial charge in [-0.25, -0.2) is 0 Å². The zero-order chi connectivity index (χ0) is 5.86. The van der Waals surface area contributed by atoms with Crippen LogP contribution in [-0.2, 0) is 0 Å². The maximum atomic E-state index is 2.21. The van der Waals surface area contributed by atoms with E-state index in [1.54, 1.807) is 5.57 Å². The fourth-order valence-corrected chi connectivity index (χ4v) is 1.06. The second-order valence-corrected chi connectivity index (χ2v) is 2.84. The van der Waals surface area contributed by atoms with E-state index in [1.165, 1.54) is 37.2 Å². The molecule has 0 saturated carbocycles. The van der Waals surface area contributed by atoms with Crippen LogP contribution < -0.4 is 0 Å². The van der Waals surface area contributed by atoms with Crippen molar-refractivity contribution in [1.29, 1.82) is 0 Å². The summed E-state index contributed by atoms with van der Waals surface area (Å²) in [6, 6.07) is 0. The van der Waals surface area contributed by atoms with Gasteiger partial charge in [-0.2, -0.15) is 0 Å². The molecule has 8 heavy (non-hydrogen) atoms. The van der Waals surface area contributed by atoms with Gasteiger partial charge >= 0.3 is 63.5 Å². The summed E-state index contributed by atoms with van der Waals surface area (Å²) < 4.78 is 1.34. The van der Waals surface area contributed by atoms with Gasteiger partial charge in [-0.15, -0.1) is 12.4 Å². The van der Waals surface area contributed by atoms with Crippen molar-refractivity contribution in [2.75, 3.05) is 0 Å². The molecule has 0 amide bonds. The number of hydrogen-bond donors (Lipinski definition) is 0. The second-order valence-electron chi connectivity index (χ2n) is 2.13. The molecule has 0 aromatic heterocycles. The summed E-state index contributed by atoms with van der Waals surface area (Å²) in [5.74, 6) is 0. The maximum absolute atomic E-state index is 2.21. The Kier molecular flexibility index (Phi) is 9.06. The smallest absolute Gasteiger partial charge is 0.147 e. The SMILES string of the molecule is CC(C)=C(C)[CH2][Na].Cl. The van der Waals surface area contributed by atoms with Crippen LogP contribution in [-0.4, -0.2) is 27.9 Å². The minimum atomic E-state index is 0. The Morgan fingerprint density at radius 2 is 1.62 bits per heavy atom. The monoisotopic (exact) mass is 142 g/mol. The van der Waals surface area contributed by atoms with Crippen molar-refractivity contribution in [2.24, 2.45) is 0 Å². The van der Waals surface area contributed by atoms with Crippen molar-refractivity contribution in [3.05, 3.63) is 11.1 Å². The molecular formula is C6H12ClNa. The molecule has 0 heterocycles. The Bertz CT molecular complexity index is 82.5. The molecule has 0 atom stereocenters. The molecule has 2 heteroatoms. The van der Waals surface area contributed by atoms with Gasteiger partial charge in [0.1, 0.15) is 0 Å². The van der Waals surface area contributed by atoms with Crippen molar-refractivity contribution < 1.29 is 0 Å². The summed E-state index contributed by atoms with van der Waals surface area (Å²) in [5.41, 5.74) is 3.07. The average Bonchev–Trinajstić information content (AvgIpc) is 1.65. The number of halogens is 1. The number of allylic oxidation sites excluding steroid dienone is 2. The topological polar surface area (TPSA) is 0 Å². The molecule has 0 aromatic carbocycles. The summed E-state index contributed by atoms with van der Waals surface area (Å²) in [5, 5.41) is 0. The van der Waals surface area contributed by atoms with Crippen molar-refractivity contribution in [3.63, 3.8) is 0 Å². The Morgan fingerprint density at radius 1 is 1.25 bits per heavy atom. The minimum absolute atomic E-state index is 0. The normalized spacial score (nSPS) is 7.62. The van der Waals surface area contributed by atoms with Gasteiger partial charge in [0.25, 0.3) is 0 Å². The first kappa shape index (κ1) is 11.8. The van der Waals surface area contributed by atoms with Crippen molar-refractivity contribution in [1.82, 2.24) is 0 Å². The Morgan fingerprint density at radius 3 is 1.62 bits per heavy atom. The first-order chi connectivity index (χ1) is 3.18. The molecule has 0 aliphatic carbocycles. The summed E-state index contributed by atoms with van der Waals surface area (Å²) in [4.78, 5) is 0. The molecule has 0 unspecified atom stereocenters. The van der Waals surface area contributed by atoms with Crippen LogP contribution in [0.25, 0.3) is 0 Å². The zero-order valence-electron chi connectivity index (χ0n) is 6.12. The Labute approximate surface area is 75.6 Å². The first-order valence-electron chi connectivity index (χ1n) is 2.81. The molecule has 0 saturated heterocycles. The average molecular weight is 143 g/mol. The number of rotatable bonds is 1. The van der Waals surface area contributed by atoms with Crippen LogP contribution in [0.2, 0.25) is 3.67 Å². The fourth-order valence-electron chi connectivity index (χ4n) is 0.354. The van der Waals surface area contributed by atoms with E-state index in [0.29, 0.717) is 0 Å². The second kappa shape index (κ2) is 6.15. The third-order valence-corrected chi connectivity index (χ3v) is 2.44.